The number of thiophene rings is 1. The minimum atomic E-state index is -0.275. The van der Waals surface area contributed by atoms with E-state index in [-0.39, 0.29) is 17.5 Å². The van der Waals surface area contributed by atoms with Crippen LogP contribution >= 0.6 is 23.1 Å². The Morgan fingerprint density at radius 1 is 1.14 bits per heavy atom. The molecule has 0 saturated heterocycles. The lowest BCUT2D eigenvalue weighted by Gasteiger charge is -2.10. The molecule has 0 radical (unpaired) electrons. The summed E-state index contributed by atoms with van der Waals surface area (Å²) in [7, 11) is 0. The molecule has 0 unspecified atom stereocenters. The fraction of sp³-hybridized carbons (Fsp3) is 0.136. The van der Waals surface area contributed by atoms with Crippen molar-refractivity contribution in [1.82, 2.24) is 9.97 Å². The lowest BCUT2D eigenvalue weighted by atomic mass is 10.1. The maximum atomic E-state index is 13.3. The fourth-order valence-electron chi connectivity index (χ4n) is 3.07. The van der Waals surface area contributed by atoms with Crippen molar-refractivity contribution in [3.8, 4) is 11.1 Å². The molecular weight excluding hydrogens is 405 g/mol. The zero-order valence-corrected chi connectivity index (χ0v) is 17.3. The van der Waals surface area contributed by atoms with Crippen molar-refractivity contribution in [1.29, 1.82) is 0 Å². The number of fused-ring (bicyclic) bond motifs is 1. The number of nitrogens with zero attached hydrogens (tertiary/aromatic N) is 2. The van der Waals surface area contributed by atoms with Gasteiger partial charge in [-0.1, -0.05) is 49.0 Å². The molecule has 2 aromatic heterocycles. The Kier molecular flexibility index (Phi) is 5.87. The van der Waals surface area contributed by atoms with E-state index in [1.807, 2.05) is 29.6 Å². The van der Waals surface area contributed by atoms with Crippen molar-refractivity contribution >= 4 is 44.9 Å². The monoisotopic (exact) mass is 423 g/mol. The maximum absolute atomic E-state index is 13.3. The minimum Gasteiger partial charge on any atom is -0.325 e. The summed E-state index contributed by atoms with van der Waals surface area (Å²) in [6.07, 6.45) is 2.37. The summed E-state index contributed by atoms with van der Waals surface area (Å²) in [5.41, 5.74) is 3.79. The van der Waals surface area contributed by atoms with E-state index in [1.54, 1.807) is 12.1 Å². The van der Waals surface area contributed by atoms with Crippen molar-refractivity contribution in [2.75, 3.05) is 11.1 Å². The fourth-order valence-corrected chi connectivity index (χ4v) is 4.86. The molecule has 0 saturated carbocycles. The molecule has 4 nitrogen and oxygen atoms in total. The van der Waals surface area contributed by atoms with Gasteiger partial charge < -0.3 is 5.32 Å². The molecule has 4 aromatic rings. The molecule has 2 aromatic carbocycles. The summed E-state index contributed by atoms with van der Waals surface area (Å²) >= 11 is 2.89. The summed E-state index contributed by atoms with van der Waals surface area (Å²) in [5.74, 6) is -0.118. The molecule has 0 aliphatic heterocycles. The molecule has 0 aliphatic carbocycles. The third-order valence-corrected chi connectivity index (χ3v) is 6.38. The van der Waals surface area contributed by atoms with E-state index in [4.69, 9.17) is 0 Å². The molecule has 1 N–H and O–H groups in total. The number of halogens is 1. The first kappa shape index (κ1) is 19.5. The first-order valence-electron chi connectivity index (χ1n) is 9.14. The molecule has 0 atom stereocenters. The Bertz CT molecular complexity index is 1160. The molecule has 0 aliphatic rings. The van der Waals surface area contributed by atoms with Gasteiger partial charge in [-0.25, -0.2) is 14.4 Å². The second-order valence-corrected chi connectivity index (χ2v) is 8.18. The molecule has 29 heavy (non-hydrogen) atoms. The topological polar surface area (TPSA) is 54.9 Å². The van der Waals surface area contributed by atoms with E-state index in [0.29, 0.717) is 0 Å². The quantitative estimate of drug-likeness (QED) is 0.315. The second kappa shape index (κ2) is 8.71. The van der Waals surface area contributed by atoms with Crippen LogP contribution in [0.2, 0.25) is 0 Å². The number of carbonyl (C=O) groups excluding carboxylic acids is 1. The zero-order valence-electron chi connectivity index (χ0n) is 15.7. The van der Waals surface area contributed by atoms with Gasteiger partial charge in [0.2, 0.25) is 5.91 Å². The molecule has 4 rings (SSSR count). The number of aryl methyl sites for hydroxylation is 1. The van der Waals surface area contributed by atoms with Crippen molar-refractivity contribution in [2.24, 2.45) is 0 Å². The van der Waals surface area contributed by atoms with E-state index < -0.39 is 0 Å². The van der Waals surface area contributed by atoms with Crippen molar-refractivity contribution in [3.63, 3.8) is 0 Å². The summed E-state index contributed by atoms with van der Waals surface area (Å²) < 4.78 is 13.3. The van der Waals surface area contributed by atoms with Crippen LogP contribution in [0.5, 0.6) is 0 Å². The van der Waals surface area contributed by atoms with E-state index in [2.05, 4.69) is 22.2 Å². The summed E-state index contributed by atoms with van der Waals surface area (Å²) in [6.45, 7) is 2.06. The van der Waals surface area contributed by atoms with Crippen molar-refractivity contribution in [2.45, 2.75) is 18.4 Å². The van der Waals surface area contributed by atoms with Gasteiger partial charge in [-0.05, 0) is 35.7 Å². The van der Waals surface area contributed by atoms with Crippen LogP contribution in [0.1, 0.15) is 12.5 Å². The molecule has 0 spiro atoms. The number of hydrogen-bond acceptors (Lipinski definition) is 5. The van der Waals surface area contributed by atoms with Gasteiger partial charge in [0.1, 0.15) is 22.0 Å². The second-order valence-electron chi connectivity index (χ2n) is 6.36. The van der Waals surface area contributed by atoms with Crippen LogP contribution in [0.4, 0.5) is 10.1 Å². The Morgan fingerprint density at radius 3 is 2.72 bits per heavy atom. The molecule has 7 heteroatoms. The highest BCUT2D eigenvalue weighted by Gasteiger charge is 2.15. The highest BCUT2D eigenvalue weighted by Crippen LogP contribution is 2.37. The number of para-hydroxylation sites is 1. The molecule has 0 fully saturated rings. The van der Waals surface area contributed by atoms with Crippen LogP contribution in [0.25, 0.3) is 21.3 Å². The number of nitrogens with one attached hydrogen (secondary N) is 1. The first-order chi connectivity index (χ1) is 14.2. The van der Waals surface area contributed by atoms with Gasteiger partial charge in [-0.15, -0.1) is 11.3 Å². The van der Waals surface area contributed by atoms with Gasteiger partial charge in [-0.3, -0.25) is 4.79 Å². The Hall–Kier alpha value is -2.77. The van der Waals surface area contributed by atoms with Gasteiger partial charge in [0.15, 0.2) is 0 Å². The number of thioether (sulfide) groups is 1. The van der Waals surface area contributed by atoms with Crippen LogP contribution < -0.4 is 5.32 Å². The lowest BCUT2D eigenvalue weighted by Crippen LogP contribution is -2.15. The van der Waals surface area contributed by atoms with Crippen LogP contribution in [0.3, 0.4) is 0 Å². The normalized spacial score (nSPS) is 11.0. The van der Waals surface area contributed by atoms with Crippen molar-refractivity contribution < 1.29 is 9.18 Å². The molecule has 0 bridgehead atoms. The Morgan fingerprint density at radius 2 is 1.93 bits per heavy atom. The molecular formula is C22H18FN3OS2. The number of rotatable bonds is 6. The van der Waals surface area contributed by atoms with E-state index in [9.17, 15) is 9.18 Å². The molecule has 146 valence electrons. The average Bonchev–Trinajstić information content (AvgIpc) is 3.18. The van der Waals surface area contributed by atoms with Gasteiger partial charge in [0, 0.05) is 16.6 Å². The zero-order chi connectivity index (χ0) is 20.2. The predicted octanol–water partition coefficient (Wildman–Crippen LogP) is 5.79. The van der Waals surface area contributed by atoms with Crippen molar-refractivity contribution in [3.05, 3.63) is 71.6 Å². The first-order valence-corrected chi connectivity index (χ1v) is 11.0. The van der Waals surface area contributed by atoms with Crippen LogP contribution in [-0.4, -0.2) is 21.6 Å². The highest BCUT2D eigenvalue weighted by molar-refractivity contribution is 8.00. The summed E-state index contributed by atoms with van der Waals surface area (Å²) in [4.78, 5) is 22.1. The SMILES string of the molecule is CCc1ccccc1NC(=O)CSc1ncnc2scc(-c3ccc(F)cc3)c12. The number of aromatic nitrogens is 2. The van der Waals surface area contributed by atoms with Gasteiger partial charge in [0.05, 0.1) is 11.1 Å². The smallest absolute Gasteiger partial charge is 0.234 e. The van der Waals surface area contributed by atoms with E-state index >= 15 is 0 Å². The van der Waals surface area contributed by atoms with Gasteiger partial charge >= 0.3 is 0 Å². The summed E-state index contributed by atoms with van der Waals surface area (Å²) in [6, 6.07) is 14.2. The average molecular weight is 424 g/mol. The number of carbonyl (C=O) groups is 1. The highest BCUT2D eigenvalue weighted by atomic mass is 32.2. The third-order valence-electron chi connectivity index (χ3n) is 4.50. The largest absolute Gasteiger partial charge is 0.325 e. The van der Waals surface area contributed by atoms with E-state index in [1.165, 1.54) is 41.6 Å². The lowest BCUT2D eigenvalue weighted by molar-refractivity contribution is -0.113. The number of hydrogen-bond donors (Lipinski definition) is 1. The molecule has 2 heterocycles. The predicted molar refractivity (Wildman–Crippen MR) is 118 cm³/mol. The number of amides is 1. The minimum absolute atomic E-state index is 0.0822. The number of benzene rings is 2. The van der Waals surface area contributed by atoms with Crippen LogP contribution in [0.15, 0.2) is 65.3 Å². The molecule has 1 amide bonds. The van der Waals surface area contributed by atoms with Gasteiger partial charge in [0.25, 0.3) is 0 Å². The maximum Gasteiger partial charge on any atom is 0.234 e. The van der Waals surface area contributed by atoms with E-state index in [0.717, 1.165) is 44.0 Å². The third kappa shape index (κ3) is 4.31. The number of anilines is 1. The Balaban J connectivity index is 1.56. The van der Waals surface area contributed by atoms with Gasteiger partial charge in [-0.2, -0.15) is 0 Å². The standard InChI is InChI=1S/C22H18FN3OS2/c1-2-14-5-3-4-6-18(14)26-19(27)12-29-22-20-17(11-28-21(20)24-13-25-22)15-7-9-16(23)10-8-15/h3-11,13H,2,12H2,1H3,(H,26,27). The van der Waals surface area contributed by atoms with Crippen LogP contribution in [-0.2, 0) is 11.2 Å². The van der Waals surface area contributed by atoms with Crippen LogP contribution in [0, 0.1) is 5.82 Å². The summed E-state index contributed by atoms with van der Waals surface area (Å²) in [5, 5.41) is 6.62. The Labute approximate surface area is 176 Å².